The van der Waals surface area contributed by atoms with Gasteiger partial charge in [0.25, 0.3) is 11.6 Å². The highest BCUT2D eigenvalue weighted by molar-refractivity contribution is 9.10. The van der Waals surface area contributed by atoms with Crippen LogP contribution in [0.25, 0.3) is 11.6 Å². The van der Waals surface area contributed by atoms with E-state index in [0.29, 0.717) is 32.8 Å². The van der Waals surface area contributed by atoms with Crippen LogP contribution in [0.1, 0.15) is 11.1 Å². The molecule has 0 bridgehead atoms. The summed E-state index contributed by atoms with van der Waals surface area (Å²) in [4.78, 5) is 22.7. The Morgan fingerprint density at radius 3 is 2.58 bits per heavy atom. The summed E-state index contributed by atoms with van der Waals surface area (Å²) in [6, 6.07) is 20.2. The van der Waals surface area contributed by atoms with Crippen LogP contribution in [-0.2, 0) is 4.79 Å². The Hall–Kier alpha value is -4.16. The molecule has 0 saturated heterocycles. The fraction of sp³-hybridized carbons (Fsp3) is 0.0833. The van der Waals surface area contributed by atoms with Gasteiger partial charge in [0.2, 0.25) is 0 Å². The standard InChI is InChI=1S/C24H18BrN3O5/c1-32-22-12-17(10-18(14-26)16-6-5-9-20(11-16)28(30)31)21(25)13-23(22)33-15-24(29)27-19-7-3-2-4-8-19/h2-13H,15H2,1H3,(H,27,29)/b18-10-. The number of nitriles is 1. The molecule has 0 unspecified atom stereocenters. The van der Waals surface area contributed by atoms with Crippen molar-refractivity contribution in [1.29, 1.82) is 5.26 Å². The molecule has 3 rings (SSSR count). The molecule has 0 saturated carbocycles. The summed E-state index contributed by atoms with van der Waals surface area (Å²) in [7, 11) is 1.46. The van der Waals surface area contributed by atoms with Crippen LogP contribution < -0.4 is 14.8 Å². The number of ether oxygens (including phenoxy) is 2. The second-order valence-corrected chi connectivity index (χ2v) is 7.56. The summed E-state index contributed by atoms with van der Waals surface area (Å²) < 4.78 is 11.6. The van der Waals surface area contributed by atoms with Crippen molar-refractivity contribution in [3.05, 3.63) is 92.4 Å². The predicted molar refractivity (Wildman–Crippen MR) is 128 cm³/mol. The van der Waals surface area contributed by atoms with E-state index in [-0.39, 0.29) is 23.8 Å². The molecule has 0 aliphatic rings. The number of amides is 1. The first-order chi connectivity index (χ1) is 15.9. The van der Waals surface area contributed by atoms with Crippen molar-refractivity contribution in [2.75, 3.05) is 19.0 Å². The average molecular weight is 508 g/mol. The Bertz CT molecular complexity index is 1250. The zero-order valence-corrected chi connectivity index (χ0v) is 19.0. The zero-order valence-electron chi connectivity index (χ0n) is 17.4. The molecule has 0 fully saturated rings. The largest absolute Gasteiger partial charge is 0.493 e. The van der Waals surface area contributed by atoms with Crippen molar-refractivity contribution in [1.82, 2.24) is 0 Å². The lowest BCUT2D eigenvalue weighted by atomic mass is 10.0. The third-order valence-corrected chi connectivity index (χ3v) is 5.17. The minimum atomic E-state index is -0.516. The van der Waals surface area contributed by atoms with E-state index in [1.54, 1.807) is 36.4 Å². The van der Waals surface area contributed by atoms with Gasteiger partial charge in [0.15, 0.2) is 18.1 Å². The number of nitrogens with zero attached hydrogens (tertiary/aromatic N) is 2. The number of methoxy groups -OCH3 is 1. The molecular formula is C24H18BrN3O5. The monoisotopic (exact) mass is 507 g/mol. The molecule has 8 nitrogen and oxygen atoms in total. The Labute approximate surface area is 198 Å². The van der Waals surface area contributed by atoms with Crippen molar-refractivity contribution in [2.24, 2.45) is 0 Å². The van der Waals surface area contributed by atoms with Crippen LogP contribution in [0.3, 0.4) is 0 Å². The van der Waals surface area contributed by atoms with Gasteiger partial charge in [-0.1, -0.05) is 46.3 Å². The minimum absolute atomic E-state index is 0.108. The SMILES string of the molecule is COc1cc(/C=C(/C#N)c2cccc([N+](=O)[O-])c2)c(Br)cc1OCC(=O)Nc1ccccc1. The molecule has 1 amide bonds. The lowest BCUT2D eigenvalue weighted by molar-refractivity contribution is -0.384. The zero-order chi connectivity index (χ0) is 23.8. The normalized spacial score (nSPS) is 10.8. The number of allylic oxidation sites excluding steroid dienone is 1. The van der Waals surface area contributed by atoms with Crippen molar-refractivity contribution in [2.45, 2.75) is 0 Å². The van der Waals surface area contributed by atoms with Gasteiger partial charge < -0.3 is 14.8 Å². The van der Waals surface area contributed by atoms with Gasteiger partial charge in [0.1, 0.15) is 0 Å². The minimum Gasteiger partial charge on any atom is -0.493 e. The van der Waals surface area contributed by atoms with Gasteiger partial charge in [-0.25, -0.2) is 0 Å². The van der Waals surface area contributed by atoms with Gasteiger partial charge in [0, 0.05) is 22.3 Å². The molecule has 0 aromatic heterocycles. The van der Waals surface area contributed by atoms with Crippen LogP contribution in [0.15, 0.2) is 71.2 Å². The number of rotatable bonds is 8. The highest BCUT2D eigenvalue weighted by Crippen LogP contribution is 2.35. The number of benzene rings is 3. The highest BCUT2D eigenvalue weighted by Gasteiger charge is 2.14. The third kappa shape index (κ3) is 6.18. The van der Waals surface area contributed by atoms with Crippen molar-refractivity contribution >= 4 is 44.9 Å². The fourth-order valence-corrected chi connectivity index (χ4v) is 3.36. The summed E-state index contributed by atoms with van der Waals surface area (Å²) in [6.07, 6.45) is 1.58. The number of hydrogen-bond donors (Lipinski definition) is 1. The number of non-ortho nitro benzene ring substituents is 1. The molecular weight excluding hydrogens is 490 g/mol. The van der Waals surface area contributed by atoms with Crippen LogP contribution in [0.5, 0.6) is 11.5 Å². The van der Waals surface area contributed by atoms with Crippen LogP contribution in [0.2, 0.25) is 0 Å². The fourth-order valence-electron chi connectivity index (χ4n) is 2.92. The van der Waals surface area contributed by atoms with Crippen molar-refractivity contribution in [3.63, 3.8) is 0 Å². The van der Waals surface area contributed by atoms with Crippen molar-refractivity contribution < 1.29 is 19.2 Å². The molecule has 3 aromatic carbocycles. The summed E-state index contributed by atoms with van der Waals surface area (Å²) in [5, 5.41) is 23.4. The maximum Gasteiger partial charge on any atom is 0.270 e. The summed E-state index contributed by atoms with van der Waals surface area (Å²) in [5.74, 6) is 0.354. The maximum absolute atomic E-state index is 12.2. The molecule has 0 aliphatic carbocycles. The number of nitrogens with one attached hydrogen (secondary N) is 1. The van der Waals surface area contributed by atoms with Crippen LogP contribution >= 0.6 is 15.9 Å². The van der Waals surface area contributed by atoms with Crippen LogP contribution in [0.4, 0.5) is 11.4 Å². The van der Waals surface area contributed by atoms with Crippen LogP contribution in [0, 0.1) is 21.4 Å². The Balaban J connectivity index is 1.82. The van der Waals surface area contributed by atoms with E-state index in [1.807, 2.05) is 18.2 Å². The molecule has 33 heavy (non-hydrogen) atoms. The van der Waals surface area contributed by atoms with E-state index in [2.05, 4.69) is 27.3 Å². The summed E-state index contributed by atoms with van der Waals surface area (Å²) in [6.45, 7) is -0.232. The van der Waals surface area contributed by atoms with E-state index >= 15 is 0 Å². The lowest BCUT2D eigenvalue weighted by Crippen LogP contribution is -2.20. The van der Waals surface area contributed by atoms with Gasteiger partial charge in [-0.05, 0) is 41.5 Å². The first kappa shape index (κ1) is 23.5. The average Bonchev–Trinajstić information content (AvgIpc) is 2.82. The van der Waals surface area contributed by atoms with E-state index in [1.165, 1.54) is 25.3 Å². The van der Waals surface area contributed by atoms with Gasteiger partial charge in [-0.15, -0.1) is 0 Å². The number of hydrogen-bond acceptors (Lipinski definition) is 6. The molecule has 0 spiro atoms. The third-order valence-electron chi connectivity index (χ3n) is 4.49. The molecule has 0 atom stereocenters. The summed E-state index contributed by atoms with van der Waals surface area (Å²) in [5.41, 5.74) is 1.79. The first-order valence-electron chi connectivity index (χ1n) is 9.63. The Morgan fingerprint density at radius 1 is 1.15 bits per heavy atom. The number of carbonyl (C=O) groups is 1. The van der Waals surface area contributed by atoms with E-state index in [9.17, 15) is 20.2 Å². The molecule has 9 heteroatoms. The molecule has 0 aliphatic heterocycles. The number of nitro groups is 1. The number of carbonyl (C=O) groups excluding carboxylic acids is 1. The number of nitro benzene ring substituents is 1. The van der Waals surface area contributed by atoms with Gasteiger partial charge in [-0.2, -0.15) is 5.26 Å². The van der Waals surface area contributed by atoms with E-state index in [0.717, 1.165) is 0 Å². The molecule has 1 N–H and O–H groups in total. The van der Waals surface area contributed by atoms with Crippen LogP contribution in [-0.4, -0.2) is 24.5 Å². The van der Waals surface area contributed by atoms with Gasteiger partial charge >= 0.3 is 0 Å². The van der Waals surface area contributed by atoms with Crippen molar-refractivity contribution in [3.8, 4) is 17.6 Å². The number of halogens is 1. The van der Waals surface area contributed by atoms with Gasteiger partial charge in [0.05, 0.1) is 23.7 Å². The van der Waals surface area contributed by atoms with Gasteiger partial charge in [-0.3, -0.25) is 14.9 Å². The molecule has 0 heterocycles. The smallest absolute Gasteiger partial charge is 0.270 e. The van der Waals surface area contributed by atoms with E-state index < -0.39 is 4.92 Å². The predicted octanol–water partition coefficient (Wildman–Crippen LogP) is 5.45. The van der Waals surface area contributed by atoms with E-state index in [4.69, 9.17) is 9.47 Å². The summed E-state index contributed by atoms with van der Waals surface area (Å²) >= 11 is 3.44. The second kappa shape index (κ2) is 10.9. The molecule has 0 radical (unpaired) electrons. The number of anilines is 1. The quantitative estimate of drug-likeness (QED) is 0.187. The highest BCUT2D eigenvalue weighted by atomic mass is 79.9. The Morgan fingerprint density at radius 2 is 1.91 bits per heavy atom. The number of para-hydroxylation sites is 1. The molecule has 166 valence electrons. The lowest BCUT2D eigenvalue weighted by Gasteiger charge is -2.13. The topological polar surface area (TPSA) is 114 Å². The first-order valence-corrected chi connectivity index (χ1v) is 10.4. The maximum atomic E-state index is 12.2. The Kier molecular flexibility index (Phi) is 7.78. The molecule has 3 aromatic rings. The second-order valence-electron chi connectivity index (χ2n) is 6.70.